The molecule has 4 aliphatic heterocycles. The molecule has 11 radical (unpaired) electrons. The van der Waals surface area contributed by atoms with Gasteiger partial charge < -0.3 is 75.1 Å². The molecule has 4 fully saturated rings. The zero-order valence-corrected chi connectivity index (χ0v) is 88.5. The van der Waals surface area contributed by atoms with Gasteiger partial charge in [0, 0.05) is 491 Å². The fourth-order valence-corrected chi connectivity index (χ4v) is 6.25. The predicted molar refractivity (Wildman–Crippen MR) is 174 cm³/mol. The first-order valence-electron chi connectivity index (χ1n) is 17.2. The van der Waals surface area contributed by atoms with E-state index in [9.17, 15) is 40.9 Å². The Labute approximate surface area is 747 Å². The molecule has 4 aliphatic rings. The maximum absolute atomic E-state index is 9.48. The van der Waals surface area contributed by atoms with Crippen LogP contribution in [0.3, 0.4) is 0 Å². The Bertz CT molecular complexity index is 757. The molecule has 0 amide bonds. The van der Waals surface area contributed by atoms with E-state index in [2.05, 4.69) is 34.6 Å². The molecule has 4 rings (SSSR count). The van der Waals surface area contributed by atoms with Gasteiger partial charge in [0.05, 0.1) is 56.4 Å². The van der Waals surface area contributed by atoms with E-state index in [1.54, 1.807) is 13.8 Å². The summed E-state index contributed by atoms with van der Waals surface area (Å²) in [4.78, 5) is 0. The molecule has 0 aliphatic carbocycles. The molecular formula is C33H66Ac11O15. The summed E-state index contributed by atoms with van der Waals surface area (Å²) in [5.74, 6) is 2.14. The van der Waals surface area contributed by atoms with Crippen molar-refractivity contribution in [3.8, 4) is 0 Å². The van der Waals surface area contributed by atoms with E-state index in [4.69, 9.17) is 34.3 Å². The van der Waals surface area contributed by atoms with E-state index in [1.807, 2.05) is 13.8 Å². The maximum atomic E-state index is 9.48. The fourth-order valence-electron chi connectivity index (χ4n) is 6.25. The molecule has 0 bridgehead atoms. The van der Waals surface area contributed by atoms with Gasteiger partial charge in [-0.05, 0) is 51.9 Å². The second-order valence-electron chi connectivity index (χ2n) is 13.8. The Hall–Kier alpha value is 15.3. The normalized spacial score (nSPS) is 40.1. The van der Waals surface area contributed by atoms with Crippen LogP contribution in [0.15, 0.2) is 0 Å². The number of hydrogen-bond donors (Lipinski definition) is 11. The third kappa shape index (κ3) is 34.9. The molecule has 20 atom stereocenters. The molecule has 4 heterocycles. The van der Waals surface area contributed by atoms with Crippen LogP contribution in [0.2, 0.25) is 0 Å². The molecule has 0 spiro atoms. The summed E-state index contributed by atoms with van der Waals surface area (Å²) in [5, 5.41) is 100. The number of ether oxygens (including phenoxy) is 4. The van der Waals surface area contributed by atoms with Crippen molar-refractivity contribution >= 4 is 0 Å². The summed E-state index contributed by atoms with van der Waals surface area (Å²) in [7, 11) is 0. The maximum Gasteiger partial charge on any atom is 0.111 e. The van der Waals surface area contributed by atoms with Gasteiger partial charge in [-0.25, -0.2) is 0 Å². The Balaban J connectivity index is -0.0000000545. The summed E-state index contributed by atoms with van der Waals surface area (Å²) in [6.45, 7) is 17.2. The van der Waals surface area contributed by atoms with E-state index >= 15 is 0 Å². The number of aliphatic hydroxyl groups excluding tert-OH is 11. The second kappa shape index (κ2) is 55.2. The van der Waals surface area contributed by atoms with E-state index in [1.165, 1.54) is 0 Å². The minimum absolute atomic E-state index is 0. The number of aliphatic hydroxyl groups is 11. The fraction of sp³-hybridized carbons (Fsp3) is 1.00. The van der Waals surface area contributed by atoms with Crippen LogP contribution in [0.1, 0.15) is 68.7 Å². The SMILES string of the molecule is CC1OC(CO)C(O)C(O)C1C.CC1OC(CO)C(O)C(O)C1O.CC1OC(CO)C(O)C(O)C1O.CCC1OC(C)C(C)C(C)C1C.[Ac].[Ac].[Ac].[Ac].[Ac].[Ac].[Ac].[Ac].[Ac].[Ac].[Ac]. The third-order valence-corrected chi connectivity index (χ3v) is 10.6. The Morgan fingerprint density at radius 2 is 0.542 bits per heavy atom. The first-order valence-corrected chi connectivity index (χ1v) is 17.2. The standard InChI is InChI=1S/C11H22O.C8H16O4.2C7H14O5.11Ac/c1-6-11-9(4)7(2)8(3)10(5)12-11;1-4-5(2)12-6(3-9)8(11)7(4)10;2*1-3-5(9)7(11)6(10)4(2-8)12-3;;;;;;;;;;;/h7-11H,6H2,1-5H3;4-11H,3H2,1-2H3;2*3-11H,2H2,1H3;;;;;;;;;;;. The van der Waals surface area contributed by atoms with E-state index < -0.39 is 79.4 Å². The summed E-state index contributed by atoms with van der Waals surface area (Å²) in [6.07, 6.45) is -10.3. The molecule has 4 saturated heterocycles. The first kappa shape index (κ1) is 99.6. The predicted octanol–water partition coefficient (Wildman–Crippen LogP) is -2.09. The van der Waals surface area contributed by atoms with Crippen molar-refractivity contribution in [3.05, 3.63) is 0 Å². The molecular weight excluding hydrogens is 3130 g/mol. The summed E-state index contributed by atoms with van der Waals surface area (Å²) < 4.78 is 21.2. The molecule has 0 aromatic carbocycles. The molecule has 11 N–H and O–H groups in total. The molecule has 321 valence electrons. The quantitative estimate of drug-likeness (QED) is 0.144. The zero-order valence-electron chi connectivity index (χ0n) is 36.3. The van der Waals surface area contributed by atoms with Crippen molar-refractivity contribution in [2.45, 2.75) is 166 Å². The summed E-state index contributed by atoms with van der Waals surface area (Å²) >= 11 is 0. The van der Waals surface area contributed by atoms with Crippen LogP contribution in [0.4, 0.5) is 0 Å². The Morgan fingerprint density at radius 3 is 0.831 bits per heavy atom. The molecule has 0 aromatic rings. The van der Waals surface area contributed by atoms with Crippen LogP contribution >= 0.6 is 0 Å². The van der Waals surface area contributed by atoms with Gasteiger partial charge in [-0.15, -0.1) is 0 Å². The van der Waals surface area contributed by atoms with Crippen molar-refractivity contribution in [3.63, 3.8) is 0 Å². The average Bonchev–Trinajstić information content (AvgIpc) is 3.08. The topological polar surface area (TPSA) is 259 Å². The van der Waals surface area contributed by atoms with Gasteiger partial charge in [-0.3, -0.25) is 0 Å². The second-order valence-corrected chi connectivity index (χ2v) is 13.8. The smallest absolute Gasteiger partial charge is 0.111 e. The van der Waals surface area contributed by atoms with Gasteiger partial charge in [0.15, 0.2) is 0 Å². The number of rotatable bonds is 4. The van der Waals surface area contributed by atoms with Crippen molar-refractivity contribution in [2.75, 3.05) is 19.8 Å². The van der Waals surface area contributed by atoms with Crippen LogP contribution in [0.5, 0.6) is 0 Å². The Morgan fingerprint density at radius 1 is 0.288 bits per heavy atom. The monoisotopic (exact) mass is 3200 g/mol. The molecule has 0 aromatic heterocycles. The van der Waals surface area contributed by atoms with Crippen molar-refractivity contribution < 1.29 is 560 Å². The third-order valence-electron chi connectivity index (χ3n) is 10.6. The minimum atomic E-state index is -1.24. The van der Waals surface area contributed by atoms with Crippen molar-refractivity contribution in [1.29, 1.82) is 0 Å². The van der Waals surface area contributed by atoms with Crippen LogP contribution in [-0.2, 0) is 18.9 Å². The number of hydrogen-bond acceptors (Lipinski definition) is 15. The van der Waals surface area contributed by atoms with Crippen LogP contribution in [0, 0.1) is 508 Å². The van der Waals surface area contributed by atoms with Crippen LogP contribution < -0.4 is 0 Å². The molecule has 26 heteroatoms. The average molecular weight is 3200 g/mol. The van der Waals surface area contributed by atoms with E-state index in [0.29, 0.717) is 18.1 Å². The largest absolute Gasteiger partial charge is 0.394 e. The molecule has 0 saturated carbocycles. The Kier molecular flexibility index (Phi) is 93.1. The van der Waals surface area contributed by atoms with Gasteiger partial charge in [0.25, 0.3) is 0 Å². The minimum Gasteiger partial charge on any atom is -0.394 e. The first-order chi connectivity index (χ1) is 22.3. The van der Waals surface area contributed by atoms with Gasteiger partial charge in [-0.2, -0.15) is 0 Å². The van der Waals surface area contributed by atoms with Crippen LogP contribution in [-0.4, -0.2) is 174 Å². The van der Waals surface area contributed by atoms with E-state index in [-0.39, 0.29) is 517 Å². The van der Waals surface area contributed by atoms with Gasteiger partial charge >= 0.3 is 0 Å². The van der Waals surface area contributed by atoms with Crippen LogP contribution in [0.25, 0.3) is 0 Å². The summed E-state index contributed by atoms with van der Waals surface area (Å²) in [6, 6.07) is 0. The van der Waals surface area contributed by atoms with Gasteiger partial charge in [0.1, 0.15) is 61.0 Å². The van der Waals surface area contributed by atoms with Crippen molar-refractivity contribution in [1.82, 2.24) is 0 Å². The van der Waals surface area contributed by atoms with Gasteiger partial charge in [0.2, 0.25) is 0 Å². The van der Waals surface area contributed by atoms with E-state index in [0.717, 1.165) is 18.3 Å². The zero-order chi connectivity index (χ0) is 37.2. The molecule has 15 nitrogen and oxygen atoms in total. The summed E-state index contributed by atoms with van der Waals surface area (Å²) in [5.41, 5.74) is 0. The molecule has 59 heavy (non-hydrogen) atoms. The van der Waals surface area contributed by atoms with Gasteiger partial charge in [-0.1, -0.05) is 34.6 Å². The van der Waals surface area contributed by atoms with Crippen molar-refractivity contribution in [2.24, 2.45) is 23.7 Å². The molecule has 20 unspecified atom stereocenters.